The molecule has 0 saturated heterocycles. The molecule has 5 rings (SSSR count). The molecule has 10 heteroatoms. The van der Waals surface area contributed by atoms with Gasteiger partial charge in [-0.15, -0.1) is 11.8 Å². The van der Waals surface area contributed by atoms with E-state index >= 15 is 0 Å². The Bertz CT molecular complexity index is 1420. The van der Waals surface area contributed by atoms with Crippen LogP contribution in [0.4, 0.5) is 5.82 Å². The Balaban J connectivity index is 1.56. The van der Waals surface area contributed by atoms with Gasteiger partial charge in [-0.25, -0.2) is 24.9 Å². The minimum absolute atomic E-state index is 0.159. The number of rotatable bonds is 7. The van der Waals surface area contributed by atoms with Crippen LogP contribution in [-0.2, 0) is 6.54 Å². The molecular formula is C24H25N7O2S. The zero-order chi connectivity index (χ0) is 23.8. The smallest absolute Gasteiger partial charge is 0.295 e. The van der Waals surface area contributed by atoms with Crippen molar-refractivity contribution in [1.29, 1.82) is 0 Å². The zero-order valence-corrected chi connectivity index (χ0v) is 20.0. The third kappa shape index (κ3) is 4.21. The normalized spacial score (nSPS) is 13.5. The number of nitrogens with one attached hydrogen (secondary N) is 1. The molecule has 3 aromatic heterocycles. The number of hydrogen-bond acceptors (Lipinski definition) is 9. The average molecular weight is 476 g/mol. The van der Waals surface area contributed by atoms with E-state index in [4.69, 9.17) is 0 Å². The first kappa shape index (κ1) is 22.3. The molecule has 9 nitrogen and oxygen atoms in total. The van der Waals surface area contributed by atoms with E-state index in [0.717, 1.165) is 24.1 Å². The Morgan fingerprint density at radius 1 is 1.15 bits per heavy atom. The molecular weight excluding hydrogens is 450 g/mol. The molecule has 2 N–H and O–H groups in total. The van der Waals surface area contributed by atoms with Gasteiger partial charge in [-0.05, 0) is 50.6 Å². The van der Waals surface area contributed by atoms with E-state index in [1.807, 2.05) is 32.2 Å². The Morgan fingerprint density at radius 2 is 1.91 bits per heavy atom. The first-order valence-corrected chi connectivity index (χ1v) is 12.4. The van der Waals surface area contributed by atoms with Gasteiger partial charge in [-0.3, -0.25) is 9.36 Å². The van der Waals surface area contributed by atoms with Crippen LogP contribution in [0.1, 0.15) is 49.9 Å². The Morgan fingerprint density at radius 3 is 2.59 bits per heavy atom. The summed E-state index contributed by atoms with van der Waals surface area (Å²) >= 11 is 1.68. The standard InChI is InChI=1S/C24H25N7O2S/c1-13(2)31-22-17(29-21(24(31)33)25-10-14-4-8-16(34-3)9-5-14)11-26-20(30-22)18-19(15-6-7-15)27-12-28-23(18)32/h4-5,8-9,11-13,15H,6-7,10H2,1-3H3,(H,25,29)(H,27,28,32). The number of aromatic hydroxyl groups is 1. The van der Waals surface area contributed by atoms with Gasteiger partial charge < -0.3 is 10.4 Å². The molecule has 0 bridgehead atoms. The van der Waals surface area contributed by atoms with Crippen molar-refractivity contribution in [1.82, 2.24) is 29.5 Å². The number of aromatic nitrogens is 6. The van der Waals surface area contributed by atoms with Crippen LogP contribution in [0.25, 0.3) is 22.6 Å². The van der Waals surface area contributed by atoms with E-state index in [1.165, 1.54) is 11.2 Å². The van der Waals surface area contributed by atoms with Gasteiger partial charge >= 0.3 is 0 Å². The van der Waals surface area contributed by atoms with Gasteiger partial charge in [0.25, 0.3) is 5.56 Å². The lowest BCUT2D eigenvalue weighted by atomic mass is 10.1. The lowest BCUT2D eigenvalue weighted by Crippen LogP contribution is -2.27. The van der Waals surface area contributed by atoms with E-state index in [9.17, 15) is 9.90 Å². The second-order valence-corrected chi connectivity index (χ2v) is 9.44. The van der Waals surface area contributed by atoms with Gasteiger partial charge in [0, 0.05) is 23.4 Å². The molecule has 1 aliphatic rings. The Hall–Kier alpha value is -3.53. The predicted molar refractivity (Wildman–Crippen MR) is 132 cm³/mol. The van der Waals surface area contributed by atoms with Crippen LogP contribution in [0.15, 0.2) is 46.5 Å². The van der Waals surface area contributed by atoms with Crippen molar-refractivity contribution in [3.63, 3.8) is 0 Å². The summed E-state index contributed by atoms with van der Waals surface area (Å²) in [4.78, 5) is 36.5. The van der Waals surface area contributed by atoms with Crippen LogP contribution >= 0.6 is 11.8 Å². The van der Waals surface area contributed by atoms with Crippen LogP contribution in [0, 0.1) is 0 Å². The van der Waals surface area contributed by atoms with Crippen LogP contribution in [0.5, 0.6) is 5.88 Å². The Labute approximate surface area is 200 Å². The number of anilines is 1. The van der Waals surface area contributed by atoms with Gasteiger partial charge in [-0.2, -0.15) is 0 Å². The lowest BCUT2D eigenvalue weighted by molar-refractivity contribution is 0.452. The van der Waals surface area contributed by atoms with Crippen LogP contribution in [0.2, 0.25) is 0 Å². The highest BCUT2D eigenvalue weighted by Gasteiger charge is 2.31. The summed E-state index contributed by atoms with van der Waals surface area (Å²) < 4.78 is 1.60. The first-order valence-electron chi connectivity index (χ1n) is 11.2. The highest BCUT2D eigenvalue weighted by Crippen LogP contribution is 2.44. The van der Waals surface area contributed by atoms with E-state index in [2.05, 4.69) is 42.4 Å². The summed E-state index contributed by atoms with van der Waals surface area (Å²) in [6.07, 6.45) is 6.98. The van der Waals surface area contributed by atoms with Crippen molar-refractivity contribution >= 4 is 28.7 Å². The fraction of sp³-hybridized carbons (Fsp3) is 0.333. The molecule has 1 aromatic carbocycles. The number of hydrogen-bond donors (Lipinski definition) is 2. The second kappa shape index (κ2) is 9.02. The van der Waals surface area contributed by atoms with E-state index in [-0.39, 0.29) is 35.0 Å². The number of fused-ring (bicyclic) bond motifs is 1. The number of nitrogens with zero attached hydrogens (tertiary/aromatic N) is 6. The molecule has 1 saturated carbocycles. The molecule has 0 radical (unpaired) electrons. The molecule has 34 heavy (non-hydrogen) atoms. The van der Waals surface area contributed by atoms with Crippen molar-refractivity contribution in [2.24, 2.45) is 0 Å². The Kier molecular flexibility index (Phi) is 5.91. The second-order valence-electron chi connectivity index (χ2n) is 8.57. The quantitative estimate of drug-likeness (QED) is 0.380. The fourth-order valence-electron chi connectivity index (χ4n) is 3.92. The minimum atomic E-state index is -0.260. The first-order chi connectivity index (χ1) is 16.5. The number of thioether (sulfide) groups is 1. The van der Waals surface area contributed by atoms with Crippen LogP contribution in [0.3, 0.4) is 0 Å². The van der Waals surface area contributed by atoms with Crippen molar-refractivity contribution in [3.8, 4) is 17.3 Å². The van der Waals surface area contributed by atoms with Crippen molar-refractivity contribution < 1.29 is 5.11 Å². The summed E-state index contributed by atoms with van der Waals surface area (Å²) in [6.45, 7) is 4.32. The lowest BCUT2D eigenvalue weighted by Gasteiger charge is -2.16. The molecule has 0 aliphatic heterocycles. The zero-order valence-electron chi connectivity index (χ0n) is 19.2. The molecule has 0 atom stereocenters. The monoisotopic (exact) mass is 475 g/mol. The minimum Gasteiger partial charge on any atom is -0.493 e. The highest BCUT2D eigenvalue weighted by molar-refractivity contribution is 7.98. The predicted octanol–water partition coefficient (Wildman–Crippen LogP) is 4.14. The summed E-state index contributed by atoms with van der Waals surface area (Å²) in [5, 5.41) is 13.6. The van der Waals surface area contributed by atoms with Crippen LogP contribution in [-0.4, -0.2) is 40.8 Å². The molecule has 1 aliphatic carbocycles. The molecule has 0 unspecified atom stereocenters. The summed E-state index contributed by atoms with van der Waals surface area (Å²) in [7, 11) is 0. The van der Waals surface area contributed by atoms with Crippen LogP contribution < -0.4 is 10.9 Å². The summed E-state index contributed by atoms with van der Waals surface area (Å²) in [5.41, 5.74) is 2.85. The molecule has 4 aromatic rings. The summed E-state index contributed by atoms with van der Waals surface area (Å²) in [6, 6.07) is 8.00. The molecule has 1 fully saturated rings. The third-order valence-corrected chi connectivity index (χ3v) is 6.56. The van der Waals surface area contributed by atoms with Crippen molar-refractivity contribution in [2.45, 2.75) is 50.1 Å². The highest BCUT2D eigenvalue weighted by atomic mass is 32.2. The van der Waals surface area contributed by atoms with Gasteiger partial charge in [0.15, 0.2) is 17.3 Å². The topological polar surface area (TPSA) is 119 Å². The molecule has 3 heterocycles. The maximum absolute atomic E-state index is 13.3. The van der Waals surface area contributed by atoms with E-state index < -0.39 is 0 Å². The van der Waals surface area contributed by atoms with Gasteiger partial charge in [0.05, 0.1) is 11.9 Å². The molecule has 174 valence electrons. The number of benzene rings is 1. The van der Waals surface area contributed by atoms with Gasteiger partial charge in [0.1, 0.15) is 17.4 Å². The summed E-state index contributed by atoms with van der Waals surface area (Å²) in [5.74, 6) is 0.646. The van der Waals surface area contributed by atoms with E-state index in [0.29, 0.717) is 23.3 Å². The van der Waals surface area contributed by atoms with Gasteiger partial charge in [0.2, 0.25) is 5.88 Å². The SMILES string of the molecule is CSc1ccc(CNc2nc3cnc(-c4c(O)ncnc4C4CC4)nc3n(C(C)C)c2=O)cc1. The van der Waals surface area contributed by atoms with Crippen molar-refractivity contribution in [3.05, 3.63) is 58.4 Å². The molecule has 0 amide bonds. The molecule has 0 spiro atoms. The largest absolute Gasteiger partial charge is 0.493 e. The maximum atomic E-state index is 13.3. The third-order valence-electron chi connectivity index (χ3n) is 5.81. The maximum Gasteiger partial charge on any atom is 0.295 e. The fourth-order valence-corrected chi connectivity index (χ4v) is 4.32. The van der Waals surface area contributed by atoms with E-state index in [1.54, 1.807) is 22.5 Å². The average Bonchev–Trinajstić information content (AvgIpc) is 3.68. The van der Waals surface area contributed by atoms with Gasteiger partial charge in [-0.1, -0.05) is 12.1 Å². The van der Waals surface area contributed by atoms with Crippen molar-refractivity contribution in [2.75, 3.05) is 11.6 Å².